The number of para-hydroxylation sites is 1. The molecule has 8 heteroatoms. The molecule has 0 saturated heterocycles. The molecule has 2 aromatic heterocycles. The summed E-state index contributed by atoms with van der Waals surface area (Å²) in [6.07, 6.45) is 0.0606. The van der Waals surface area contributed by atoms with Crippen LogP contribution in [0.1, 0.15) is 37.0 Å². The fraction of sp³-hybridized carbons (Fsp3) is 0.318. The van der Waals surface area contributed by atoms with Crippen molar-refractivity contribution in [3.63, 3.8) is 0 Å². The number of carbonyl (C=O) groups excluding carboxylic acids is 1. The highest BCUT2D eigenvalue weighted by molar-refractivity contribution is 6.21. The van der Waals surface area contributed by atoms with E-state index in [1.54, 1.807) is 18.4 Å². The average Bonchev–Trinajstić information content (AvgIpc) is 3.10. The standard InChI is InChI=1S/C22H20ClN3O4/c1-3-22(29)16-14(10-30-21(22)28)20(27)26-9-13-8-12-6-4-5-7-15(12)25-17(13)19(26)18(16)24-11(2)23/h4-8,11,24,29H,3,9-10H2,1-2H3/t11?,22-/m0/s1. The summed E-state index contributed by atoms with van der Waals surface area (Å²) in [5, 5.41) is 15.4. The summed E-state index contributed by atoms with van der Waals surface area (Å²) >= 11 is 6.27. The van der Waals surface area contributed by atoms with Crippen LogP contribution >= 0.6 is 11.6 Å². The molecule has 2 aliphatic heterocycles. The Labute approximate surface area is 177 Å². The van der Waals surface area contributed by atoms with Gasteiger partial charge in [0.15, 0.2) is 5.60 Å². The first-order valence-electron chi connectivity index (χ1n) is 9.84. The largest absolute Gasteiger partial charge is 0.458 e. The van der Waals surface area contributed by atoms with E-state index in [0.29, 0.717) is 23.6 Å². The number of alkyl halides is 1. The van der Waals surface area contributed by atoms with Gasteiger partial charge in [-0.15, -0.1) is 0 Å². The number of aromatic nitrogens is 2. The molecule has 0 radical (unpaired) electrons. The van der Waals surface area contributed by atoms with Crippen LogP contribution in [0.15, 0.2) is 35.1 Å². The molecule has 5 rings (SSSR count). The molecule has 1 unspecified atom stereocenters. The van der Waals surface area contributed by atoms with Gasteiger partial charge < -0.3 is 19.7 Å². The number of benzene rings is 1. The molecule has 7 nitrogen and oxygen atoms in total. The summed E-state index contributed by atoms with van der Waals surface area (Å²) in [7, 11) is 0. The zero-order chi connectivity index (χ0) is 21.2. The van der Waals surface area contributed by atoms with Gasteiger partial charge >= 0.3 is 5.97 Å². The second-order valence-electron chi connectivity index (χ2n) is 7.71. The number of nitrogens with zero attached hydrogens (tertiary/aromatic N) is 2. The maximum atomic E-state index is 13.4. The summed E-state index contributed by atoms with van der Waals surface area (Å²) in [6.45, 7) is 3.58. The maximum absolute atomic E-state index is 13.4. The normalized spacial score (nSPS) is 20.3. The Balaban J connectivity index is 1.90. The predicted octanol–water partition coefficient (Wildman–Crippen LogP) is 3.08. The lowest BCUT2D eigenvalue weighted by atomic mass is 9.84. The van der Waals surface area contributed by atoms with E-state index in [1.165, 1.54) is 0 Å². The smallest absolute Gasteiger partial charge is 0.343 e. The van der Waals surface area contributed by atoms with Crippen LogP contribution in [0.4, 0.5) is 5.69 Å². The molecule has 0 amide bonds. The summed E-state index contributed by atoms with van der Waals surface area (Å²) < 4.78 is 6.79. The molecule has 154 valence electrons. The van der Waals surface area contributed by atoms with Gasteiger partial charge in [0, 0.05) is 16.5 Å². The minimum Gasteiger partial charge on any atom is -0.458 e. The summed E-state index contributed by atoms with van der Waals surface area (Å²) in [5.41, 5.74) is 1.09. The second kappa shape index (κ2) is 6.55. The Morgan fingerprint density at radius 3 is 2.87 bits per heavy atom. The third-order valence-corrected chi connectivity index (χ3v) is 5.98. The van der Waals surface area contributed by atoms with E-state index in [9.17, 15) is 14.7 Å². The zero-order valence-electron chi connectivity index (χ0n) is 16.5. The summed E-state index contributed by atoms with van der Waals surface area (Å²) in [6, 6.07) is 9.75. The quantitative estimate of drug-likeness (QED) is 0.297. The van der Waals surface area contributed by atoms with Gasteiger partial charge in [0.1, 0.15) is 6.61 Å². The van der Waals surface area contributed by atoms with Crippen LogP contribution in [0.5, 0.6) is 0 Å². The predicted molar refractivity (Wildman–Crippen MR) is 113 cm³/mol. The average molecular weight is 426 g/mol. The van der Waals surface area contributed by atoms with Crippen LogP contribution in [0, 0.1) is 0 Å². The lowest BCUT2D eigenvalue weighted by molar-refractivity contribution is -0.172. The SMILES string of the molecule is CC[C@@]1(O)C(=O)OCc2c1c(NC(C)Cl)c1n(c2=O)Cc2cc3ccccc3nc2-1. The summed E-state index contributed by atoms with van der Waals surface area (Å²) in [4.78, 5) is 30.7. The Morgan fingerprint density at radius 1 is 1.37 bits per heavy atom. The maximum Gasteiger partial charge on any atom is 0.343 e. The molecule has 0 spiro atoms. The molecule has 2 N–H and O–H groups in total. The summed E-state index contributed by atoms with van der Waals surface area (Å²) in [5.74, 6) is -0.767. The topological polar surface area (TPSA) is 93.5 Å². The van der Waals surface area contributed by atoms with Crippen molar-refractivity contribution in [2.75, 3.05) is 5.32 Å². The van der Waals surface area contributed by atoms with Crippen molar-refractivity contribution >= 4 is 34.2 Å². The minimum absolute atomic E-state index is 0.0606. The molecule has 1 aromatic carbocycles. The zero-order valence-corrected chi connectivity index (χ0v) is 17.3. The number of ether oxygens (including phenoxy) is 1. The van der Waals surface area contributed by atoms with Crippen molar-refractivity contribution in [2.24, 2.45) is 0 Å². The van der Waals surface area contributed by atoms with Gasteiger partial charge in [-0.3, -0.25) is 4.79 Å². The molecule has 0 saturated carbocycles. The van der Waals surface area contributed by atoms with Crippen molar-refractivity contribution < 1.29 is 14.6 Å². The van der Waals surface area contributed by atoms with Crippen molar-refractivity contribution in [3.05, 3.63) is 57.4 Å². The number of anilines is 1. The Hall–Kier alpha value is -2.90. The highest BCUT2D eigenvalue weighted by Gasteiger charge is 2.48. The number of nitrogens with one attached hydrogen (secondary N) is 1. The van der Waals surface area contributed by atoms with E-state index >= 15 is 0 Å². The van der Waals surface area contributed by atoms with Gasteiger partial charge in [-0.25, -0.2) is 9.78 Å². The molecule has 30 heavy (non-hydrogen) atoms. The van der Waals surface area contributed by atoms with Crippen LogP contribution in [0.25, 0.3) is 22.3 Å². The minimum atomic E-state index is -1.93. The molecule has 2 aliphatic rings. The van der Waals surface area contributed by atoms with Gasteiger partial charge in [-0.05, 0) is 25.5 Å². The van der Waals surface area contributed by atoms with E-state index in [1.807, 2.05) is 30.3 Å². The number of hydrogen-bond donors (Lipinski definition) is 2. The van der Waals surface area contributed by atoms with E-state index in [4.69, 9.17) is 21.3 Å². The molecule has 0 bridgehead atoms. The molecule has 4 heterocycles. The second-order valence-corrected chi connectivity index (χ2v) is 8.36. The Morgan fingerprint density at radius 2 is 2.13 bits per heavy atom. The molecule has 0 fully saturated rings. The molecular weight excluding hydrogens is 406 g/mol. The number of halogens is 1. The van der Waals surface area contributed by atoms with Crippen LogP contribution in [-0.2, 0) is 28.3 Å². The highest BCUT2D eigenvalue weighted by Crippen LogP contribution is 2.45. The number of cyclic esters (lactones) is 1. The highest BCUT2D eigenvalue weighted by atomic mass is 35.5. The Kier molecular flexibility index (Phi) is 4.17. The first kappa shape index (κ1) is 19.1. The van der Waals surface area contributed by atoms with Gasteiger partial charge in [0.05, 0.1) is 40.2 Å². The van der Waals surface area contributed by atoms with Crippen LogP contribution in [0.2, 0.25) is 0 Å². The van der Waals surface area contributed by atoms with Gasteiger partial charge in [-0.1, -0.05) is 36.7 Å². The van der Waals surface area contributed by atoms with Crippen LogP contribution in [-0.4, -0.2) is 26.1 Å². The van der Waals surface area contributed by atoms with Crippen molar-refractivity contribution in [1.82, 2.24) is 9.55 Å². The monoisotopic (exact) mass is 425 g/mol. The Bertz CT molecular complexity index is 1280. The lowest BCUT2D eigenvalue weighted by Gasteiger charge is -2.34. The number of esters is 1. The third kappa shape index (κ3) is 2.52. The van der Waals surface area contributed by atoms with Crippen molar-refractivity contribution in [1.29, 1.82) is 0 Å². The number of hydrogen-bond acceptors (Lipinski definition) is 6. The van der Waals surface area contributed by atoms with Gasteiger partial charge in [0.25, 0.3) is 5.56 Å². The molecule has 3 aromatic rings. The van der Waals surface area contributed by atoms with E-state index < -0.39 is 17.1 Å². The van der Waals surface area contributed by atoms with Crippen molar-refractivity contribution in [2.45, 2.75) is 44.5 Å². The lowest BCUT2D eigenvalue weighted by Crippen LogP contribution is -2.45. The number of carbonyl (C=O) groups is 1. The van der Waals surface area contributed by atoms with Gasteiger partial charge in [0.2, 0.25) is 0 Å². The van der Waals surface area contributed by atoms with Crippen molar-refractivity contribution in [3.8, 4) is 11.4 Å². The first-order chi connectivity index (χ1) is 14.3. The fourth-order valence-corrected chi connectivity index (χ4v) is 4.55. The van der Waals surface area contributed by atoms with E-state index in [2.05, 4.69) is 5.32 Å². The molecular formula is C22H20ClN3O4. The number of pyridine rings is 2. The number of aliphatic hydroxyl groups is 1. The number of fused-ring (bicyclic) bond motifs is 5. The fourth-order valence-electron chi connectivity index (χ4n) is 4.44. The van der Waals surface area contributed by atoms with Crippen LogP contribution < -0.4 is 10.9 Å². The van der Waals surface area contributed by atoms with Crippen LogP contribution in [0.3, 0.4) is 0 Å². The van der Waals surface area contributed by atoms with Gasteiger partial charge in [-0.2, -0.15) is 0 Å². The van der Waals surface area contributed by atoms with E-state index in [-0.39, 0.29) is 29.7 Å². The first-order valence-corrected chi connectivity index (χ1v) is 10.3. The third-order valence-electron chi connectivity index (χ3n) is 5.87. The molecule has 0 aliphatic carbocycles. The number of rotatable bonds is 3. The molecule has 2 atom stereocenters. The van der Waals surface area contributed by atoms with E-state index in [0.717, 1.165) is 16.5 Å².